The Morgan fingerprint density at radius 3 is 2.54 bits per heavy atom. The first-order chi connectivity index (χ1) is 13.6. The molecule has 0 aliphatic carbocycles. The van der Waals surface area contributed by atoms with Crippen molar-refractivity contribution in [3.63, 3.8) is 0 Å². The van der Waals surface area contributed by atoms with Gasteiger partial charge in [-0.2, -0.15) is 0 Å². The minimum Gasteiger partial charge on any atom is -0.326 e. The molecule has 0 aromatic heterocycles. The summed E-state index contributed by atoms with van der Waals surface area (Å²) in [5.41, 5.74) is 3.13. The third kappa shape index (κ3) is 5.73. The van der Waals surface area contributed by atoms with Gasteiger partial charge in [-0.1, -0.05) is 54.7 Å². The lowest BCUT2D eigenvalue weighted by Gasteiger charge is -2.32. The number of hydrogen-bond acceptors (Lipinski definition) is 2. The number of amides is 1. The number of aryl methyl sites for hydroxylation is 1. The highest BCUT2D eigenvalue weighted by Crippen LogP contribution is 2.28. The molecule has 1 aliphatic rings. The number of benzene rings is 2. The minimum absolute atomic E-state index is 0.0187. The summed E-state index contributed by atoms with van der Waals surface area (Å²) >= 11 is 12.6. The number of nitrogens with zero attached hydrogens (tertiary/aromatic N) is 1. The first kappa shape index (κ1) is 21.2. The Kier molecular flexibility index (Phi) is 7.78. The Morgan fingerprint density at radius 1 is 1.14 bits per heavy atom. The Bertz CT molecular complexity index is 771. The van der Waals surface area contributed by atoms with E-state index in [1.807, 2.05) is 30.3 Å². The van der Waals surface area contributed by atoms with Gasteiger partial charge in [0, 0.05) is 34.4 Å². The van der Waals surface area contributed by atoms with Crippen LogP contribution >= 0.6 is 23.2 Å². The second-order valence-electron chi connectivity index (χ2n) is 7.56. The summed E-state index contributed by atoms with van der Waals surface area (Å²) in [6.07, 6.45) is 5.38. The van der Waals surface area contributed by atoms with Crippen molar-refractivity contribution in [3.8, 4) is 0 Å². The van der Waals surface area contributed by atoms with Crippen LogP contribution in [0.4, 0.5) is 5.69 Å². The lowest BCUT2D eigenvalue weighted by atomic mass is 9.96. The maximum absolute atomic E-state index is 12.8. The number of piperidine rings is 1. The smallest absolute Gasteiger partial charge is 0.228 e. The van der Waals surface area contributed by atoms with Crippen molar-refractivity contribution in [1.82, 2.24) is 4.90 Å². The van der Waals surface area contributed by atoms with E-state index in [0.29, 0.717) is 16.6 Å². The molecule has 5 heteroatoms. The highest BCUT2D eigenvalue weighted by Gasteiger charge is 2.26. The summed E-state index contributed by atoms with van der Waals surface area (Å²) in [5, 5.41) is 4.45. The second-order valence-corrected chi connectivity index (χ2v) is 8.38. The van der Waals surface area contributed by atoms with Crippen LogP contribution < -0.4 is 5.32 Å². The maximum atomic E-state index is 12.8. The van der Waals surface area contributed by atoms with Gasteiger partial charge in [0.15, 0.2) is 0 Å². The Labute approximate surface area is 178 Å². The van der Waals surface area contributed by atoms with Crippen LogP contribution in [0.3, 0.4) is 0 Å². The number of anilines is 1. The fourth-order valence-electron chi connectivity index (χ4n) is 3.70. The van der Waals surface area contributed by atoms with Crippen LogP contribution in [0.15, 0.2) is 42.5 Å². The van der Waals surface area contributed by atoms with E-state index >= 15 is 0 Å². The lowest BCUT2D eigenvalue weighted by Crippen LogP contribution is -2.40. The molecule has 0 bridgehead atoms. The number of unbranched alkanes of at least 4 members (excludes halogenated alkanes) is 1. The van der Waals surface area contributed by atoms with E-state index < -0.39 is 0 Å². The van der Waals surface area contributed by atoms with Gasteiger partial charge in [0.05, 0.1) is 5.92 Å². The molecule has 0 unspecified atom stereocenters. The summed E-state index contributed by atoms with van der Waals surface area (Å²) < 4.78 is 0. The van der Waals surface area contributed by atoms with Crippen LogP contribution in [0, 0.1) is 5.92 Å². The normalized spacial score (nSPS) is 17.5. The van der Waals surface area contributed by atoms with Crippen molar-refractivity contribution in [1.29, 1.82) is 0 Å². The van der Waals surface area contributed by atoms with Crippen molar-refractivity contribution >= 4 is 34.8 Å². The van der Waals surface area contributed by atoms with E-state index in [9.17, 15) is 4.79 Å². The first-order valence-corrected chi connectivity index (χ1v) is 10.9. The molecule has 1 aliphatic heterocycles. The second kappa shape index (κ2) is 10.3. The fraction of sp³-hybridized carbons (Fsp3) is 0.435. The number of halogens is 2. The van der Waals surface area contributed by atoms with Crippen LogP contribution in [0.25, 0.3) is 0 Å². The quantitative estimate of drug-likeness (QED) is 0.581. The summed E-state index contributed by atoms with van der Waals surface area (Å²) in [6.45, 7) is 4.55. The number of nitrogens with one attached hydrogen (secondary N) is 1. The van der Waals surface area contributed by atoms with Crippen LogP contribution in [0.5, 0.6) is 0 Å². The van der Waals surface area contributed by atoms with Gasteiger partial charge in [-0.3, -0.25) is 9.69 Å². The van der Waals surface area contributed by atoms with Crippen molar-refractivity contribution in [3.05, 3.63) is 63.6 Å². The number of likely N-dealkylation sites (tertiary alicyclic amines) is 1. The molecular formula is C23H28Cl2N2O. The van der Waals surface area contributed by atoms with Gasteiger partial charge in [0.1, 0.15) is 0 Å². The highest BCUT2D eigenvalue weighted by molar-refractivity contribution is 6.35. The van der Waals surface area contributed by atoms with Crippen LogP contribution in [0.1, 0.15) is 43.7 Å². The standard InChI is InChI=1S/C23H28Cl2N2O/c1-2-3-6-17-10-12-19(13-11-17)26-23(28)18-7-5-14-27(15-18)16-20-21(24)8-4-9-22(20)25/h4,8-13,18H,2-3,5-7,14-16H2,1H3,(H,26,28)/t18-/m1/s1. The topological polar surface area (TPSA) is 32.3 Å². The largest absolute Gasteiger partial charge is 0.326 e. The summed E-state index contributed by atoms with van der Waals surface area (Å²) in [4.78, 5) is 15.0. The summed E-state index contributed by atoms with van der Waals surface area (Å²) in [5.74, 6) is 0.0750. The summed E-state index contributed by atoms with van der Waals surface area (Å²) in [7, 11) is 0. The molecule has 1 amide bonds. The summed E-state index contributed by atoms with van der Waals surface area (Å²) in [6, 6.07) is 13.8. The lowest BCUT2D eigenvalue weighted by molar-refractivity contribution is -0.121. The SMILES string of the molecule is CCCCc1ccc(NC(=O)[C@@H]2CCCN(Cc3c(Cl)cccc3Cl)C2)cc1. The van der Waals surface area contributed by atoms with Gasteiger partial charge in [0.25, 0.3) is 0 Å². The van der Waals surface area contributed by atoms with E-state index in [1.165, 1.54) is 18.4 Å². The molecular weight excluding hydrogens is 391 g/mol. The molecule has 1 fully saturated rings. The van der Waals surface area contributed by atoms with Crippen molar-refractivity contribution < 1.29 is 4.79 Å². The van der Waals surface area contributed by atoms with Gasteiger partial charge < -0.3 is 5.32 Å². The molecule has 0 radical (unpaired) electrons. The molecule has 1 heterocycles. The van der Waals surface area contributed by atoms with Crippen molar-refractivity contribution in [2.45, 2.75) is 45.6 Å². The van der Waals surface area contributed by atoms with Gasteiger partial charge in [-0.15, -0.1) is 0 Å². The fourth-order valence-corrected chi connectivity index (χ4v) is 4.22. The molecule has 1 N–H and O–H groups in total. The average molecular weight is 419 g/mol. The third-order valence-corrected chi connectivity index (χ3v) is 6.07. The van der Waals surface area contributed by atoms with Crippen LogP contribution in [-0.2, 0) is 17.8 Å². The van der Waals surface area contributed by atoms with Crippen LogP contribution in [-0.4, -0.2) is 23.9 Å². The molecule has 2 aromatic carbocycles. The van der Waals surface area contributed by atoms with E-state index in [4.69, 9.17) is 23.2 Å². The van der Waals surface area contributed by atoms with E-state index in [1.54, 1.807) is 0 Å². The van der Waals surface area contributed by atoms with Gasteiger partial charge in [0.2, 0.25) is 5.91 Å². The van der Waals surface area contributed by atoms with Crippen LogP contribution in [0.2, 0.25) is 10.0 Å². The van der Waals surface area contributed by atoms with Crippen molar-refractivity contribution in [2.24, 2.45) is 5.92 Å². The number of hydrogen-bond donors (Lipinski definition) is 1. The number of rotatable bonds is 7. The number of carbonyl (C=O) groups is 1. The van der Waals surface area contributed by atoms with Gasteiger partial charge in [-0.05, 0) is 62.1 Å². The third-order valence-electron chi connectivity index (χ3n) is 5.36. The molecule has 2 aromatic rings. The predicted octanol–water partition coefficient (Wildman–Crippen LogP) is 6.19. The Morgan fingerprint density at radius 2 is 1.86 bits per heavy atom. The molecule has 0 saturated carbocycles. The maximum Gasteiger partial charge on any atom is 0.228 e. The molecule has 3 nitrogen and oxygen atoms in total. The zero-order chi connectivity index (χ0) is 19.9. The first-order valence-electron chi connectivity index (χ1n) is 10.1. The zero-order valence-electron chi connectivity index (χ0n) is 16.4. The number of carbonyl (C=O) groups excluding carboxylic acids is 1. The molecule has 1 saturated heterocycles. The molecule has 28 heavy (non-hydrogen) atoms. The average Bonchev–Trinajstić information content (AvgIpc) is 2.70. The molecule has 150 valence electrons. The zero-order valence-corrected chi connectivity index (χ0v) is 17.9. The van der Waals surface area contributed by atoms with E-state index in [-0.39, 0.29) is 11.8 Å². The van der Waals surface area contributed by atoms with Gasteiger partial charge >= 0.3 is 0 Å². The molecule has 1 atom stereocenters. The van der Waals surface area contributed by atoms with E-state index in [2.05, 4.69) is 29.3 Å². The van der Waals surface area contributed by atoms with E-state index in [0.717, 1.165) is 43.6 Å². The van der Waals surface area contributed by atoms with Gasteiger partial charge in [-0.25, -0.2) is 0 Å². The molecule has 3 rings (SSSR count). The Hall–Kier alpha value is -1.55. The monoisotopic (exact) mass is 418 g/mol. The molecule has 0 spiro atoms. The highest BCUT2D eigenvalue weighted by atomic mass is 35.5. The van der Waals surface area contributed by atoms with Crippen molar-refractivity contribution in [2.75, 3.05) is 18.4 Å². The minimum atomic E-state index is -0.0187. The Balaban J connectivity index is 1.57. The predicted molar refractivity (Wildman–Crippen MR) is 118 cm³/mol.